The number of benzene rings is 2. The Bertz CT molecular complexity index is 1480. The molecular formula is C31H36N8O. The normalized spacial score (nSPS) is 14.6. The molecule has 40 heavy (non-hydrogen) atoms. The molecule has 1 amide bonds. The van der Waals surface area contributed by atoms with E-state index < -0.39 is 0 Å². The number of hydrogen-bond donors (Lipinski definition) is 3. The minimum Gasteiger partial charge on any atom is -0.367 e. The van der Waals surface area contributed by atoms with Gasteiger partial charge in [-0.1, -0.05) is 36.4 Å². The summed E-state index contributed by atoms with van der Waals surface area (Å²) in [6.45, 7) is 2.91. The molecule has 1 aliphatic rings. The zero-order chi connectivity index (χ0) is 27.9. The maximum atomic E-state index is 12.3. The molecule has 0 atom stereocenters. The van der Waals surface area contributed by atoms with Crippen LogP contribution in [0.2, 0.25) is 0 Å². The number of para-hydroxylation sites is 1. The van der Waals surface area contributed by atoms with Gasteiger partial charge in [0, 0.05) is 41.5 Å². The first kappa shape index (κ1) is 27.2. The number of pyridine rings is 1. The van der Waals surface area contributed by atoms with Crippen molar-refractivity contribution >= 4 is 40.0 Å². The maximum Gasteiger partial charge on any atom is 0.248 e. The lowest BCUT2D eigenvalue weighted by atomic mass is 10.0. The van der Waals surface area contributed by atoms with Crippen LogP contribution in [0, 0.1) is 0 Å². The van der Waals surface area contributed by atoms with Gasteiger partial charge < -0.3 is 25.8 Å². The van der Waals surface area contributed by atoms with E-state index in [1.54, 1.807) is 12.3 Å². The van der Waals surface area contributed by atoms with Crippen LogP contribution in [0.1, 0.15) is 12.8 Å². The molecule has 1 saturated heterocycles. The number of likely N-dealkylation sites (tertiary alicyclic amines) is 1. The lowest BCUT2D eigenvalue weighted by molar-refractivity contribution is -0.111. The fraction of sp³-hybridized carbons (Fsp3) is 0.290. The van der Waals surface area contributed by atoms with Gasteiger partial charge in [-0.15, -0.1) is 0 Å². The van der Waals surface area contributed by atoms with Gasteiger partial charge in [0.05, 0.1) is 17.4 Å². The molecule has 0 unspecified atom stereocenters. The number of anilines is 4. The molecule has 4 aromatic rings. The molecule has 2 aromatic carbocycles. The minimum atomic E-state index is -0.160. The summed E-state index contributed by atoms with van der Waals surface area (Å²) in [5.74, 6) is 1.21. The Morgan fingerprint density at radius 2 is 1.85 bits per heavy atom. The lowest BCUT2D eigenvalue weighted by Gasteiger charge is -2.29. The highest BCUT2D eigenvalue weighted by atomic mass is 16.1. The zero-order valence-electron chi connectivity index (χ0n) is 23.3. The summed E-state index contributed by atoms with van der Waals surface area (Å²) in [6.07, 6.45) is 9.25. The van der Waals surface area contributed by atoms with Gasteiger partial charge in [-0.2, -0.15) is 0 Å². The maximum absolute atomic E-state index is 12.3. The van der Waals surface area contributed by atoms with E-state index in [1.807, 2.05) is 85.9 Å². The van der Waals surface area contributed by atoms with Gasteiger partial charge in [-0.05, 0) is 76.9 Å². The first-order valence-corrected chi connectivity index (χ1v) is 13.6. The highest BCUT2D eigenvalue weighted by molar-refractivity contribution is 6.00. The molecule has 0 saturated carbocycles. The molecule has 5 rings (SSSR count). The molecule has 206 valence electrons. The Balaban J connectivity index is 1.30. The van der Waals surface area contributed by atoms with Crippen LogP contribution in [0.25, 0.3) is 22.0 Å². The van der Waals surface area contributed by atoms with Crippen molar-refractivity contribution in [1.82, 2.24) is 24.8 Å². The second-order valence-corrected chi connectivity index (χ2v) is 10.5. The van der Waals surface area contributed by atoms with E-state index in [0.29, 0.717) is 18.5 Å². The van der Waals surface area contributed by atoms with Crippen LogP contribution >= 0.6 is 0 Å². The standard InChI is InChI=1S/C31H36N8O/c1-38(2)16-6-11-29(40)35-25-9-4-7-22(19-25)27-10-5-8-23-20-33-31(37-30(23)27)36-26-12-13-28(32-21-26)34-24-14-17-39(3)18-15-24/h4-13,19-21,24H,14-18H2,1-3H3,(H,32,34)(H,35,40)(H,33,36,37). The summed E-state index contributed by atoms with van der Waals surface area (Å²) in [5, 5.41) is 10.7. The number of amides is 1. The van der Waals surface area contributed by atoms with Crippen molar-refractivity contribution in [2.75, 3.05) is 56.7 Å². The van der Waals surface area contributed by atoms with Crippen LogP contribution in [0.4, 0.5) is 23.1 Å². The van der Waals surface area contributed by atoms with E-state index in [4.69, 9.17) is 4.98 Å². The van der Waals surface area contributed by atoms with Crippen LogP contribution in [-0.4, -0.2) is 77.5 Å². The van der Waals surface area contributed by atoms with E-state index in [1.165, 1.54) is 0 Å². The molecule has 9 heteroatoms. The predicted octanol–water partition coefficient (Wildman–Crippen LogP) is 5.00. The van der Waals surface area contributed by atoms with E-state index in [0.717, 1.165) is 65.2 Å². The van der Waals surface area contributed by atoms with Gasteiger partial charge in [0.15, 0.2) is 0 Å². The van der Waals surface area contributed by atoms with Crippen LogP contribution < -0.4 is 16.0 Å². The molecule has 0 aliphatic carbocycles. The molecule has 1 aliphatic heterocycles. The number of carbonyl (C=O) groups is 1. The summed E-state index contributed by atoms with van der Waals surface area (Å²) in [6, 6.07) is 18.2. The summed E-state index contributed by atoms with van der Waals surface area (Å²) >= 11 is 0. The average molecular weight is 537 g/mol. The van der Waals surface area contributed by atoms with Crippen molar-refractivity contribution in [3.63, 3.8) is 0 Å². The largest absolute Gasteiger partial charge is 0.367 e. The highest BCUT2D eigenvalue weighted by Crippen LogP contribution is 2.30. The van der Waals surface area contributed by atoms with Gasteiger partial charge in [-0.3, -0.25) is 4.79 Å². The third kappa shape index (κ3) is 7.19. The van der Waals surface area contributed by atoms with Crippen molar-refractivity contribution in [3.05, 3.63) is 79.1 Å². The van der Waals surface area contributed by atoms with E-state index in [9.17, 15) is 4.79 Å². The summed E-state index contributed by atoms with van der Waals surface area (Å²) < 4.78 is 0. The molecule has 0 spiro atoms. The van der Waals surface area contributed by atoms with Gasteiger partial charge in [0.25, 0.3) is 0 Å². The number of aromatic nitrogens is 3. The molecule has 1 fully saturated rings. The van der Waals surface area contributed by atoms with Crippen LogP contribution in [0.15, 0.2) is 79.1 Å². The predicted molar refractivity (Wildman–Crippen MR) is 163 cm³/mol. The Morgan fingerprint density at radius 3 is 2.62 bits per heavy atom. The van der Waals surface area contributed by atoms with E-state index in [-0.39, 0.29) is 5.91 Å². The first-order chi connectivity index (χ1) is 19.4. The Hall–Kier alpha value is -4.34. The third-order valence-corrected chi connectivity index (χ3v) is 6.88. The quantitative estimate of drug-likeness (QED) is 0.257. The van der Waals surface area contributed by atoms with Gasteiger partial charge in [-0.25, -0.2) is 15.0 Å². The molecule has 0 radical (unpaired) electrons. The SMILES string of the molecule is CN(C)CC=CC(=O)Nc1cccc(-c2cccc3cnc(Nc4ccc(NC5CCN(C)CC5)nc4)nc23)c1. The lowest BCUT2D eigenvalue weighted by Crippen LogP contribution is -2.36. The van der Waals surface area contributed by atoms with Gasteiger partial charge >= 0.3 is 0 Å². The van der Waals surface area contributed by atoms with Crippen molar-refractivity contribution in [2.45, 2.75) is 18.9 Å². The molecular weight excluding hydrogens is 500 g/mol. The molecule has 2 aromatic heterocycles. The monoisotopic (exact) mass is 536 g/mol. The van der Waals surface area contributed by atoms with Crippen molar-refractivity contribution < 1.29 is 4.79 Å². The molecule has 3 N–H and O–H groups in total. The van der Waals surface area contributed by atoms with Crippen molar-refractivity contribution in [3.8, 4) is 11.1 Å². The van der Waals surface area contributed by atoms with Crippen LogP contribution in [0.5, 0.6) is 0 Å². The number of rotatable bonds is 9. The fourth-order valence-electron chi connectivity index (χ4n) is 4.71. The number of hydrogen-bond acceptors (Lipinski definition) is 8. The summed E-state index contributed by atoms with van der Waals surface area (Å²) in [5.41, 5.74) is 4.27. The number of nitrogens with one attached hydrogen (secondary N) is 3. The second-order valence-electron chi connectivity index (χ2n) is 10.5. The zero-order valence-corrected chi connectivity index (χ0v) is 23.3. The van der Waals surface area contributed by atoms with E-state index in [2.05, 4.69) is 37.9 Å². The molecule has 3 heterocycles. The molecule has 9 nitrogen and oxygen atoms in total. The minimum absolute atomic E-state index is 0.160. The summed E-state index contributed by atoms with van der Waals surface area (Å²) in [7, 11) is 6.08. The van der Waals surface area contributed by atoms with E-state index >= 15 is 0 Å². The fourth-order valence-corrected chi connectivity index (χ4v) is 4.71. The van der Waals surface area contributed by atoms with Crippen LogP contribution in [-0.2, 0) is 4.79 Å². The van der Waals surface area contributed by atoms with Crippen molar-refractivity contribution in [2.24, 2.45) is 0 Å². The second kappa shape index (κ2) is 12.7. The average Bonchev–Trinajstić information content (AvgIpc) is 2.95. The smallest absolute Gasteiger partial charge is 0.248 e. The number of carbonyl (C=O) groups excluding carboxylic acids is 1. The number of fused-ring (bicyclic) bond motifs is 1. The third-order valence-electron chi connectivity index (χ3n) is 6.88. The number of nitrogens with zero attached hydrogens (tertiary/aromatic N) is 5. The van der Waals surface area contributed by atoms with Gasteiger partial charge in [0.1, 0.15) is 5.82 Å². The Morgan fingerprint density at radius 1 is 1.02 bits per heavy atom. The summed E-state index contributed by atoms with van der Waals surface area (Å²) in [4.78, 5) is 30.7. The Labute approximate surface area is 235 Å². The Kier molecular flexibility index (Phi) is 8.63. The van der Waals surface area contributed by atoms with Crippen molar-refractivity contribution in [1.29, 1.82) is 0 Å². The highest BCUT2D eigenvalue weighted by Gasteiger charge is 2.16. The first-order valence-electron chi connectivity index (χ1n) is 13.6. The number of piperidine rings is 1. The van der Waals surface area contributed by atoms with Gasteiger partial charge in [0.2, 0.25) is 11.9 Å². The molecule has 0 bridgehead atoms. The number of likely N-dealkylation sites (N-methyl/N-ethyl adjacent to an activating group) is 1. The van der Waals surface area contributed by atoms with Crippen LogP contribution in [0.3, 0.4) is 0 Å². The topological polar surface area (TPSA) is 98.3 Å².